The van der Waals surface area contributed by atoms with Crippen LogP contribution in [0.1, 0.15) is 31.9 Å². The van der Waals surface area contributed by atoms with Gasteiger partial charge in [0.15, 0.2) is 0 Å². The molecular weight excluding hydrogens is 492 g/mol. The maximum atomic E-state index is 13.2. The molecular formula is C27H36N4O7. The van der Waals surface area contributed by atoms with Gasteiger partial charge in [-0.15, -0.1) is 0 Å². The number of nitrogens with one attached hydrogen (secondary N) is 3. The highest BCUT2D eigenvalue weighted by Gasteiger charge is 2.33. The van der Waals surface area contributed by atoms with Crippen molar-refractivity contribution in [1.29, 1.82) is 0 Å². The molecule has 0 saturated carbocycles. The smallest absolute Gasteiger partial charge is 0.326 e. The Labute approximate surface area is 221 Å². The summed E-state index contributed by atoms with van der Waals surface area (Å²) in [5, 5.41) is 36.7. The third-order valence-electron chi connectivity index (χ3n) is 5.99. The Morgan fingerprint density at radius 1 is 0.763 bits per heavy atom. The van der Waals surface area contributed by atoms with Gasteiger partial charge in [-0.25, -0.2) is 4.79 Å². The Morgan fingerprint density at radius 3 is 1.82 bits per heavy atom. The zero-order chi connectivity index (χ0) is 28.4. The zero-order valence-corrected chi connectivity index (χ0v) is 21.6. The topological polar surface area (TPSA) is 191 Å². The molecule has 8 N–H and O–H groups in total. The number of nitrogens with two attached hydrogens (primary N) is 1. The SMILES string of the molecule is CC(C)C(N)C(=O)NC(Cc1ccccc1)C(=O)NC(C(=O)NC(Cc1ccc(O)cc1)C(=O)O)C(C)O. The van der Waals surface area contributed by atoms with E-state index in [9.17, 15) is 34.5 Å². The Kier molecular flexibility index (Phi) is 11.2. The predicted molar refractivity (Wildman–Crippen MR) is 140 cm³/mol. The molecule has 11 nitrogen and oxygen atoms in total. The summed E-state index contributed by atoms with van der Waals surface area (Å²) < 4.78 is 0. The van der Waals surface area contributed by atoms with Crippen LogP contribution in [0.15, 0.2) is 54.6 Å². The van der Waals surface area contributed by atoms with E-state index in [2.05, 4.69) is 16.0 Å². The van der Waals surface area contributed by atoms with Gasteiger partial charge < -0.3 is 37.0 Å². The van der Waals surface area contributed by atoms with Crippen molar-refractivity contribution < 1.29 is 34.5 Å². The molecule has 5 atom stereocenters. The molecule has 5 unspecified atom stereocenters. The van der Waals surface area contributed by atoms with Gasteiger partial charge in [0.25, 0.3) is 0 Å². The number of carbonyl (C=O) groups excluding carboxylic acids is 3. The van der Waals surface area contributed by atoms with Gasteiger partial charge in [0.2, 0.25) is 17.7 Å². The van der Waals surface area contributed by atoms with Gasteiger partial charge in [-0.3, -0.25) is 14.4 Å². The van der Waals surface area contributed by atoms with E-state index in [-0.39, 0.29) is 24.5 Å². The molecule has 0 spiro atoms. The van der Waals surface area contributed by atoms with Gasteiger partial charge in [-0.05, 0) is 36.1 Å². The molecule has 0 aromatic heterocycles. The Morgan fingerprint density at radius 2 is 1.29 bits per heavy atom. The number of aliphatic hydroxyl groups excluding tert-OH is 1. The molecule has 0 heterocycles. The molecule has 2 rings (SSSR count). The summed E-state index contributed by atoms with van der Waals surface area (Å²) in [6.07, 6.45) is -1.38. The first-order valence-corrected chi connectivity index (χ1v) is 12.3. The van der Waals surface area contributed by atoms with Crippen molar-refractivity contribution in [3.05, 3.63) is 65.7 Å². The van der Waals surface area contributed by atoms with Gasteiger partial charge in [0.1, 0.15) is 23.9 Å². The first-order valence-electron chi connectivity index (χ1n) is 12.3. The largest absolute Gasteiger partial charge is 0.508 e. The maximum Gasteiger partial charge on any atom is 0.326 e. The number of aliphatic hydroxyl groups is 1. The van der Waals surface area contributed by atoms with Crippen molar-refractivity contribution in [2.75, 3.05) is 0 Å². The summed E-state index contributed by atoms with van der Waals surface area (Å²) in [7, 11) is 0. The fourth-order valence-corrected chi connectivity index (χ4v) is 3.62. The molecule has 0 aliphatic rings. The summed E-state index contributed by atoms with van der Waals surface area (Å²) in [4.78, 5) is 50.7. The Bertz CT molecular complexity index is 1090. The minimum atomic E-state index is -1.50. The van der Waals surface area contributed by atoms with E-state index >= 15 is 0 Å². The van der Waals surface area contributed by atoms with Crippen molar-refractivity contribution in [3.8, 4) is 5.75 Å². The van der Waals surface area contributed by atoms with Gasteiger partial charge in [0.05, 0.1) is 12.1 Å². The molecule has 11 heteroatoms. The summed E-state index contributed by atoms with van der Waals surface area (Å²) in [6.45, 7) is 4.81. The first kappa shape index (κ1) is 30.3. The van der Waals surface area contributed by atoms with E-state index < -0.39 is 54.0 Å². The highest BCUT2D eigenvalue weighted by molar-refractivity contribution is 5.94. The summed E-state index contributed by atoms with van der Waals surface area (Å²) in [5.74, 6) is -3.71. The molecule has 206 valence electrons. The van der Waals surface area contributed by atoms with Gasteiger partial charge >= 0.3 is 5.97 Å². The molecule has 38 heavy (non-hydrogen) atoms. The number of hydrogen-bond donors (Lipinski definition) is 7. The first-order chi connectivity index (χ1) is 17.9. The summed E-state index contributed by atoms with van der Waals surface area (Å²) in [6, 6.07) is 9.86. The average Bonchev–Trinajstić information content (AvgIpc) is 2.87. The molecule has 0 bridgehead atoms. The van der Waals surface area contributed by atoms with Crippen LogP contribution < -0.4 is 21.7 Å². The van der Waals surface area contributed by atoms with Gasteiger partial charge in [-0.2, -0.15) is 0 Å². The van der Waals surface area contributed by atoms with Crippen LogP contribution in [0.5, 0.6) is 5.75 Å². The van der Waals surface area contributed by atoms with E-state index in [0.717, 1.165) is 5.56 Å². The van der Waals surface area contributed by atoms with E-state index in [0.29, 0.717) is 5.56 Å². The molecule has 0 saturated heterocycles. The number of phenols is 1. The molecule has 2 aromatic carbocycles. The van der Waals surface area contributed by atoms with Crippen LogP contribution in [-0.4, -0.2) is 69.3 Å². The lowest BCUT2D eigenvalue weighted by molar-refractivity contribution is -0.143. The molecule has 0 radical (unpaired) electrons. The lowest BCUT2D eigenvalue weighted by atomic mass is 10.0. The second-order valence-electron chi connectivity index (χ2n) is 9.52. The zero-order valence-electron chi connectivity index (χ0n) is 21.6. The maximum absolute atomic E-state index is 13.2. The second kappa shape index (κ2) is 14.1. The number of phenolic OH excluding ortho intramolecular Hbond substituents is 1. The third kappa shape index (κ3) is 9.16. The van der Waals surface area contributed by atoms with E-state index in [4.69, 9.17) is 5.73 Å². The summed E-state index contributed by atoms with van der Waals surface area (Å²) >= 11 is 0. The molecule has 0 aliphatic heterocycles. The number of carboxylic acids is 1. The third-order valence-corrected chi connectivity index (χ3v) is 5.99. The van der Waals surface area contributed by atoms with Crippen molar-refractivity contribution in [3.63, 3.8) is 0 Å². The number of aromatic hydroxyl groups is 1. The van der Waals surface area contributed by atoms with Crippen LogP contribution in [0.3, 0.4) is 0 Å². The minimum absolute atomic E-state index is 0.00745. The van der Waals surface area contributed by atoms with Crippen molar-refractivity contribution in [1.82, 2.24) is 16.0 Å². The van der Waals surface area contributed by atoms with Crippen LogP contribution in [0, 0.1) is 5.92 Å². The van der Waals surface area contributed by atoms with Crippen LogP contribution in [0.25, 0.3) is 0 Å². The number of hydrogen-bond acceptors (Lipinski definition) is 7. The standard InChI is InChI=1S/C27H36N4O7/c1-15(2)22(28)25(35)29-20(13-17-7-5-4-6-8-17)24(34)31-23(16(3)32)26(36)30-21(27(37)38)14-18-9-11-19(33)12-10-18/h4-12,15-16,20-23,32-33H,13-14,28H2,1-3H3,(H,29,35)(H,30,36)(H,31,34)(H,37,38). The quantitative estimate of drug-likeness (QED) is 0.190. The molecule has 3 amide bonds. The van der Waals surface area contributed by atoms with Crippen LogP contribution in [0.4, 0.5) is 0 Å². The van der Waals surface area contributed by atoms with Crippen molar-refractivity contribution in [2.45, 2.75) is 63.9 Å². The Balaban J connectivity index is 2.19. The van der Waals surface area contributed by atoms with Crippen molar-refractivity contribution >= 4 is 23.7 Å². The van der Waals surface area contributed by atoms with Crippen LogP contribution >= 0.6 is 0 Å². The van der Waals surface area contributed by atoms with Gasteiger partial charge in [-0.1, -0.05) is 56.3 Å². The van der Waals surface area contributed by atoms with Gasteiger partial charge in [0, 0.05) is 12.8 Å². The highest BCUT2D eigenvalue weighted by atomic mass is 16.4. The highest BCUT2D eigenvalue weighted by Crippen LogP contribution is 2.12. The number of amides is 3. The number of rotatable bonds is 13. The van der Waals surface area contributed by atoms with Crippen LogP contribution in [0.2, 0.25) is 0 Å². The molecule has 0 aliphatic carbocycles. The normalized spacial score (nSPS) is 15.0. The molecule has 0 fully saturated rings. The predicted octanol–water partition coefficient (Wildman–Crippen LogP) is 0.0805. The van der Waals surface area contributed by atoms with Crippen LogP contribution in [-0.2, 0) is 32.0 Å². The number of carboxylic acid groups (broad SMARTS) is 1. The number of aliphatic carboxylic acids is 1. The average molecular weight is 529 g/mol. The fraction of sp³-hybridized carbons (Fsp3) is 0.407. The molecule has 2 aromatic rings. The lowest BCUT2D eigenvalue weighted by Gasteiger charge is -2.27. The van der Waals surface area contributed by atoms with Crippen molar-refractivity contribution in [2.24, 2.45) is 11.7 Å². The summed E-state index contributed by atoms with van der Waals surface area (Å²) in [5.41, 5.74) is 7.22. The fourth-order valence-electron chi connectivity index (χ4n) is 3.62. The van der Waals surface area contributed by atoms with E-state index in [1.165, 1.54) is 31.2 Å². The number of carbonyl (C=O) groups is 4. The second-order valence-corrected chi connectivity index (χ2v) is 9.52. The number of benzene rings is 2. The van der Waals surface area contributed by atoms with E-state index in [1.54, 1.807) is 44.2 Å². The monoisotopic (exact) mass is 528 g/mol. The Hall–Kier alpha value is -3.96. The van der Waals surface area contributed by atoms with E-state index in [1.807, 2.05) is 0 Å². The minimum Gasteiger partial charge on any atom is -0.508 e. The lowest BCUT2D eigenvalue weighted by Crippen LogP contribution is -2.60.